The molecule has 0 saturated heterocycles. The first-order valence-corrected chi connectivity index (χ1v) is 7.68. The van der Waals surface area contributed by atoms with Gasteiger partial charge in [0.1, 0.15) is 5.01 Å². The van der Waals surface area contributed by atoms with Crippen molar-refractivity contribution >= 4 is 27.3 Å². The first-order chi connectivity index (χ1) is 8.60. The highest BCUT2D eigenvalue weighted by atomic mass is 79.9. The van der Waals surface area contributed by atoms with Crippen molar-refractivity contribution in [2.45, 2.75) is 20.3 Å². The number of nitrogens with two attached hydrogens (primary N) is 1. The minimum Gasteiger partial charge on any atom is -0.330 e. The van der Waals surface area contributed by atoms with E-state index in [0.717, 1.165) is 21.6 Å². The van der Waals surface area contributed by atoms with Crippen molar-refractivity contribution in [3.05, 3.63) is 39.3 Å². The highest BCUT2D eigenvalue weighted by Crippen LogP contribution is 2.29. The summed E-state index contributed by atoms with van der Waals surface area (Å²) >= 11 is 5.22. The number of aromatic nitrogens is 1. The van der Waals surface area contributed by atoms with Crippen molar-refractivity contribution in [2.24, 2.45) is 11.7 Å². The van der Waals surface area contributed by atoms with Gasteiger partial charge in [-0.1, -0.05) is 28.9 Å². The van der Waals surface area contributed by atoms with Gasteiger partial charge in [0.15, 0.2) is 0 Å². The number of hydrogen-bond acceptors (Lipinski definition) is 3. The van der Waals surface area contributed by atoms with Gasteiger partial charge >= 0.3 is 0 Å². The summed E-state index contributed by atoms with van der Waals surface area (Å²) in [6.07, 6.45) is 0.958. The molecule has 2 nitrogen and oxygen atoms in total. The molecule has 1 unspecified atom stereocenters. The summed E-state index contributed by atoms with van der Waals surface area (Å²) in [6, 6.07) is 6.30. The van der Waals surface area contributed by atoms with Crippen molar-refractivity contribution in [1.29, 1.82) is 0 Å². The number of rotatable bonds is 4. The van der Waals surface area contributed by atoms with Crippen LogP contribution in [0.2, 0.25) is 0 Å². The maximum atomic E-state index is 5.65. The Morgan fingerprint density at radius 1 is 1.44 bits per heavy atom. The Hall–Kier alpha value is -0.710. The number of halogens is 1. The average Bonchev–Trinajstić information content (AvgIpc) is 2.80. The molecular formula is C14H17BrN2S. The van der Waals surface area contributed by atoms with Crippen LogP contribution in [0.4, 0.5) is 0 Å². The van der Waals surface area contributed by atoms with Gasteiger partial charge in [0.2, 0.25) is 0 Å². The third kappa shape index (κ3) is 3.19. The zero-order valence-electron chi connectivity index (χ0n) is 10.6. The molecule has 96 valence electrons. The van der Waals surface area contributed by atoms with Gasteiger partial charge in [-0.2, -0.15) is 0 Å². The Balaban J connectivity index is 2.26. The molecule has 2 aromatic rings. The van der Waals surface area contributed by atoms with Crippen molar-refractivity contribution in [3.63, 3.8) is 0 Å². The molecule has 0 spiro atoms. The number of aryl methyl sites for hydroxylation is 1. The molecule has 1 aromatic heterocycles. The number of benzene rings is 1. The second-order valence-corrected chi connectivity index (χ2v) is 6.42. The second-order valence-electron chi connectivity index (χ2n) is 4.65. The maximum Gasteiger partial charge on any atom is 0.123 e. The summed E-state index contributed by atoms with van der Waals surface area (Å²) in [5.74, 6) is 0.489. The molecule has 4 heteroatoms. The molecule has 0 radical (unpaired) electrons. The lowest BCUT2D eigenvalue weighted by Gasteiger charge is -2.05. The van der Waals surface area contributed by atoms with Gasteiger partial charge in [0.05, 0.1) is 5.69 Å². The minimum atomic E-state index is 0.489. The lowest BCUT2D eigenvalue weighted by atomic mass is 10.1. The van der Waals surface area contributed by atoms with Crippen LogP contribution in [-0.4, -0.2) is 11.5 Å². The van der Waals surface area contributed by atoms with Crippen LogP contribution in [0.15, 0.2) is 28.1 Å². The lowest BCUT2D eigenvalue weighted by Crippen LogP contribution is -2.13. The quantitative estimate of drug-likeness (QED) is 0.922. The molecule has 18 heavy (non-hydrogen) atoms. The normalized spacial score (nSPS) is 12.7. The number of thiazole rings is 1. The number of hydrogen-bond donors (Lipinski definition) is 1. The summed E-state index contributed by atoms with van der Waals surface area (Å²) in [5.41, 5.74) is 9.26. The van der Waals surface area contributed by atoms with E-state index < -0.39 is 0 Å². The molecule has 0 bridgehead atoms. The summed E-state index contributed by atoms with van der Waals surface area (Å²) in [7, 11) is 0. The number of nitrogens with zero attached hydrogens (tertiary/aromatic N) is 1. The zero-order valence-corrected chi connectivity index (χ0v) is 13.0. The third-order valence-electron chi connectivity index (χ3n) is 2.94. The monoisotopic (exact) mass is 324 g/mol. The van der Waals surface area contributed by atoms with Gasteiger partial charge in [0, 0.05) is 15.4 Å². The smallest absolute Gasteiger partial charge is 0.123 e. The topological polar surface area (TPSA) is 38.9 Å². The van der Waals surface area contributed by atoms with Crippen LogP contribution < -0.4 is 5.73 Å². The molecule has 1 atom stereocenters. The predicted molar refractivity (Wildman–Crippen MR) is 81.9 cm³/mol. The van der Waals surface area contributed by atoms with E-state index in [4.69, 9.17) is 10.7 Å². The van der Waals surface area contributed by atoms with Crippen LogP contribution in [0, 0.1) is 12.8 Å². The maximum absolute atomic E-state index is 5.65. The summed E-state index contributed by atoms with van der Waals surface area (Å²) in [5, 5.41) is 3.23. The summed E-state index contributed by atoms with van der Waals surface area (Å²) < 4.78 is 1.09. The van der Waals surface area contributed by atoms with E-state index in [1.165, 1.54) is 11.1 Å². The van der Waals surface area contributed by atoms with Gasteiger partial charge in [-0.3, -0.25) is 0 Å². The fourth-order valence-corrected chi connectivity index (χ4v) is 3.06. The zero-order chi connectivity index (χ0) is 13.1. The van der Waals surface area contributed by atoms with E-state index in [1.54, 1.807) is 11.3 Å². The van der Waals surface area contributed by atoms with Crippen molar-refractivity contribution in [3.8, 4) is 10.6 Å². The molecular weight excluding hydrogens is 308 g/mol. The molecule has 1 aromatic carbocycles. The largest absolute Gasteiger partial charge is 0.330 e. The van der Waals surface area contributed by atoms with Gasteiger partial charge in [-0.05, 0) is 43.5 Å². The Labute approximate surface area is 120 Å². The molecule has 0 amide bonds. The van der Waals surface area contributed by atoms with Gasteiger partial charge < -0.3 is 5.73 Å². The van der Waals surface area contributed by atoms with Crippen LogP contribution in [0.25, 0.3) is 10.6 Å². The van der Waals surface area contributed by atoms with Crippen LogP contribution in [0.5, 0.6) is 0 Å². The average molecular weight is 325 g/mol. The highest BCUT2D eigenvalue weighted by Gasteiger charge is 2.10. The summed E-state index contributed by atoms with van der Waals surface area (Å²) in [6.45, 7) is 4.98. The minimum absolute atomic E-state index is 0.489. The van der Waals surface area contributed by atoms with E-state index in [1.807, 2.05) is 0 Å². The van der Waals surface area contributed by atoms with E-state index in [2.05, 4.69) is 53.4 Å². The highest BCUT2D eigenvalue weighted by molar-refractivity contribution is 9.10. The molecule has 2 N–H and O–H groups in total. The van der Waals surface area contributed by atoms with Crippen molar-refractivity contribution in [1.82, 2.24) is 4.98 Å². The van der Waals surface area contributed by atoms with Crippen molar-refractivity contribution < 1.29 is 0 Å². The Morgan fingerprint density at radius 3 is 2.94 bits per heavy atom. The Bertz CT molecular complexity index is 536. The molecule has 2 rings (SSSR count). The Kier molecular flexibility index (Phi) is 4.54. The third-order valence-corrected chi connectivity index (χ3v) is 4.36. The van der Waals surface area contributed by atoms with Gasteiger partial charge in [0.25, 0.3) is 0 Å². The molecule has 0 saturated carbocycles. The van der Waals surface area contributed by atoms with Gasteiger partial charge in [-0.25, -0.2) is 4.98 Å². The summed E-state index contributed by atoms with van der Waals surface area (Å²) in [4.78, 5) is 4.71. The van der Waals surface area contributed by atoms with Crippen LogP contribution >= 0.6 is 27.3 Å². The van der Waals surface area contributed by atoms with E-state index in [-0.39, 0.29) is 0 Å². The fraction of sp³-hybridized carbons (Fsp3) is 0.357. The Morgan fingerprint density at radius 2 is 2.22 bits per heavy atom. The van der Waals surface area contributed by atoms with Gasteiger partial charge in [-0.15, -0.1) is 11.3 Å². The van der Waals surface area contributed by atoms with E-state index >= 15 is 0 Å². The van der Waals surface area contributed by atoms with E-state index in [9.17, 15) is 0 Å². The fourth-order valence-electron chi connectivity index (χ4n) is 1.79. The van der Waals surface area contributed by atoms with E-state index in [0.29, 0.717) is 12.5 Å². The van der Waals surface area contributed by atoms with Crippen LogP contribution in [-0.2, 0) is 6.42 Å². The van der Waals surface area contributed by atoms with Crippen LogP contribution in [0.3, 0.4) is 0 Å². The molecule has 0 fully saturated rings. The molecule has 0 aliphatic carbocycles. The first kappa shape index (κ1) is 13.7. The standard InChI is InChI=1S/C14H17BrN2S/c1-9(7-16)5-12-8-18-14(17-12)13-6-11(15)4-3-10(13)2/h3-4,6,8-9H,5,7,16H2,1-2H3. The first-order valence-electron chi connectivity index (χ1n) is 6.01. The second kappa shape index (κ2) is 5.95. The van der Waals surface area contributed by atoms with Crippen molar-refractivity contribution in [2.75, 3.05) is 6.54 Å². The molecule has 1 heterocycles. The lowest BCUT2D eigenvalue weighted by molar-refractivity contribution is 0.586. The molecule has 0 aliphatic rings. The molecule has 0 aliphatic heterocycles. The predicted octanol–water partition coefficient (Wildman–Crippen LogP) is 4.02. The van der Waals surface area contributed by atoms with Crippen LogP contribution in [0.1, 0.15) is 18.2 Å². The SMILES string of the molecule is Cc1ccc(Br)cc1-c1nc(CC(C)CN)cs1.